The van der Waals surface area contributed by atoms with E-state index in [1.807, 2.05) is 6.07 Å². The van der Waals surface area contributed by atoms with Crippen LogP contribution in [0, 0.1) is 25.6 Å². The molecule has 0 amide bonds. The summed E-state index contributed by atoms with van der Waals surface area (Å²) in [4.78, 5) is 5.19. The van der Waals surface area contributed by atoms with Gasteiger partial charge in [-0.3, -0.25) is 0 Å². The van der Waals surface area contributed by atoms with E-state index in [9.17, 15) is 4.39 Å². The van der Waals surface area contributed by atoms with Crippen LogP contribution in [0.2, 0.25) is 0 Å². The summed E-state index contributed by atoms with van der Waals surface area (Å²) < 4.78 is 16.6. The summed E-state index contributed by atoms with van der Waals surface area (Å²) in [5.74, 6) is 0.230. The third-order valence-corrected chi connectivity index (χ3v) is 7.97. The van der Waals surface area contributed by atoms with E-state index in [2.05, 4.69) is 87.8 Å². The van der Waals surface area contributed by atoms with Crippen LogP contribution in [0.15, 0.2) is 72.9 Å². The minimum Gasteiger partial charge on any atom is -0.234 e. The Kier molecular flexibility index (Phi) is 6.51. The van der Waals surface area contributed by atoms with Crippen molar-refractivity contribution in [3.05, 3.63) is 95.4 Å². The largest absolute Gasteiger partial charge is 0.239 e. The van der Waals surface area contributed by atoms with Crippen molar-refractivity contribution in [2.45, 2.75) is 65.8 Å². The third-order valence-electron chi connectivity index (χ3n) is 7.97. The third kappa shape index (κ3) is 4.25. The second-order valence-electron chi connectivity index (χ2n) is 10.8. The lowest BCUT2D eigenvalue weighted by Crippen LogP contribution is -2.54. The summed E-state index contributed by atoms with van der Waals surface area (Å²) in [6.07, 6.45) is 5.65. The van der Waals surface area contributed by atoms with Gasteiger partial charge in [0.15, 0.2) is 12.7 Å². The maximum atomic E-state index is 14.2. The van der Waals surface area contributed by atoms with E-state index in [-0.39, 0.29) is 11.2 Å². The molecule has 5 rings (SSSR count). The van der Waals surface area contributed by atoms with Gasteiger partial charge in [0.2, 0.25) is 5.69 Å². The molecule has 0 radical (unpaired) electrons. The fraction of sp³-hybridized carbons (Fsp3) is 0.333. The number of aryl methyl sites for hydroxylation is 2. The molecule has 4 aromatic rings. The van der Waals surface area contributed by atoms with Crippen LogP contribution in [0.1, 0.15) is 56.7 Å². The van der Waals surface area contributed by atoms with Crippen LogP contribution < -0.4 is 4.57 Å². The molecule has 0 fully saturated rings. The van der Waals surface area contributed by atoms with E-state index in [1.165, 1.54) is 41.2 Å². The number of fused-ring (bicyclic) bond motifs is 3. The van der Waals surface area contributed by atoms with E-state index < -0.39 is 0 Å². The Hall–Kier alpha value is -3.33. The lowest BCUT2D eigenvalue weighted by atomic mass is 9.64. The Balaban J connectivity index is 1.83. The van der Waals surface area contributed by atoms with Gasteiger partial charge >= 0.3 is 0 Å². The number of aromatic nitrogens is 2. The van der Waals surface area contributed by atoms with Crippen molar-refractivity contribution in [1.82, 2.24) is 4.98 Å². The van der Waals surface area contributed by atoms with Crippen LogP contribution in [0.3, 0.4) is 0 Å². The molecule has 3 aromatic carbocycles. The Bertz CT molecular complexity index is 1400. The normalized spacial score (nSPS) is 16.6. The Morgan fingerprint density at radius 1 is 0.944 bits per heavy atom. The van der Waals surface area contributed by atoms with Gasteiger partial charge in [-0.05, 0) is 49.9 Å². The SMILES string of the molecule is CCCCC1(C(C)C)C[n+]2cc(-c3cccc(F)c3)nc(-c3ccc(C)cc3)c2-c2ccc(C)cc21. The van der Waals surface area contributed by atoms with Gasteiger partial charge in [0.25, 0.3) is 0 Å². The highest BCUT2D eigenvalue weighted by Gasteiger charge is 2.47. The van der Waals surface area contributed by atoms with E-state index in [0.717, 1.165) is 41.2 Å². The van der Waals surface area contributed by atoms with Gasteiger partial charge in [0.1, 0.15) is 17.2 Å². The molecule has 1 aliphatic rings. The van der Waals surface area contributed by atoms with Crippen LogP contribution in [0.5, 0.6) is 0 Å². The molecule has 0 bridgehead atoms. The highest BCUT2D eigenvalue weighted by Crippen LogP contribution is 2.47. The standard InChI is InChI=1S/C33H36FN2/c1-6-7-17-33(22(2)3)21-36-20-30(26-9-8-10-27(34)19-26)35-31(25-14-11-23(4)12-15-25)32(36)28-16-13-24(5)18-29(28)33/h8-16,18-20,22H,6-7,17,21H2,1-5H3/q+1. The highest BCUT2D eigenvalue weighted by atomic mass is 19.1. The van der Waals surface area contributed by atoms with Crippen molar-refractivity contribution in [2.75, 3.05) is 0 Å². The smallest absolute Gasteiger partial charge is 0.234 e. The van der Waals surface area contributed by atoms with E-state index in [0.29, 0.717) is 5.92 Å². The first-order valence-electron chi connectivity index (χ1n) is 13.2. The number of hydrogen-bond donors (Lipinski definition) is 0. The molecule has 0 saturated carbocycles. The number of nitrogens with zero attached hydrogens (tertiary/aromatic N) is 2. The number of benzene rings is 3. The van der Waals surface area contributed by atoms with Crippen molar-refractivity contribution in [3.8, 4) is 33.8 Å². The van der Waals surface area contributed by atoms with Gasteiger partial charge in [-0.1, -0.05) is 93.3 Å². The molecular formula is C33H36FN2+. The summed E-state index contributed by atoms with van der Waals surface area (Å²) in [5.41, 5.74) is 10.1. The lowest BCUT2D eigenvalue weighted by molar-refractivity contribution is -0.698. The first-order valence-corrected chi connectivity index (χ1v) is 13.2. The van der Waals surface area contributed by atoms with Crippen molar-refractivity contribution in [2.24, 2.45) is 5.92 Å². The molecule has 2 heterocycles. The van der Waals surface area contributed by atoms with Crippen molar-refractivity contribution in [1.29, 1.82) is 0 Å². The molecule has 0 saturated heterocycles. The topological polar surface area (TPSA) is 16.8 Å². The Labute approximate surface area is 214 Å². The molecule has 1 aromatic heterocycles. The number of halogens is 1. The summed E-state index contributed by atoms with van der Waals surface area (Å²) in [7, 11) is 0. The number of hydrogen-bond acceptors (Lipinski definition) is 1. The van der Waals surface area contributed by atoms with Gasteiger partial charge in [-0.15, -0.1) is 0 Å². The minimum atomic E-state index is -0.241. The van der Waals surface area contributed by atoms with Crippen molar-refractivity contribution in [3.63, 3.8) is 0 Å². The molecule has 0 aliphatic carbocycles. The zero-order valence-corrected chi connectivity index (χ0v) is 22.1. The van der Waals surface area contributed by atoms with Crippen molar-refractivity contribution < 1.29 is 8.96 Å². The number of rotatable bonds is 6. The first-order chi connectivity index (χ1) is 17.3. The Morgan fingerprint density at radius 3 is 2.39 bits per heavy atom. The molecule has 36 heavy (non-hydrogen) atoms. The molecule has 1 atom stereocenters. The average molecular weight is 480 g/mol. The molecule has 3 heteroatoms. The summed E-state index contributed by atoms with van der Waals surface area (Å²) in [6.45, 7) is 12.2. The second-order valence-corrected chi connectivity index (χ2v) is 10.8. The Morgan fingerprint density at radius 2 is 1.69 bits per heavy atom. The van der Waals surface area contributed by atoms with Crippen LogP contribution in [-0.4, -0.2) is 4.98 Å². The van der Waals surface area contributed by atoms with Gasteiger partial charge in [0.05, 0.1) is 11.0 Å². The van der Waals surface area contributed by atoms with Gasteiger partial charge in [-0.2, -0.15) is 4.57 Å². The van der Waals surface area contributed by atoms with E-state index in [1.54, 1.807) is 12.1 Å². The number of unbranched alkanes of at least 4 members (excludes halogenated alkanes) is 1. The summed E-state index contributed by atoms with van der Waals surface area (Å²) in [5, 5.41) is 0. The minimum absolute atomic E-state index is 0.0279. The fourth-order valence-electron chi connectivity index (χ4n) is 5.81. The highest BCUT2D eigenvalue weighted by molar-refractivity contribution is 5.80. The monoisotopic (exact) mass is 479 g/mol. The fourth-order valence-corrected chi connectivity index (χ4v) is 5.81. The summed E-state index contributed by atoms with van der Waals surface area (Å²) >= 11 is 0. The van der Waals surface area contributed by atoms with Crippen LogP contribution >= 0.6 is 0 Å². The van der Waals surface area contributed by atoms with E-state index >= 15 is 0 Å². The van der Waals surface area contributed by atoms with E-state index in [4.69, 9.17) is 4.98 Å². The van der Waals surface area contributed by atoms with Crippen LogP contribution in [0.25, 0.3) is 33.8 Å². The molecule has 1 unspecified atom stereocenters. The molecule has 184 valence electrons. The van der Waals surface area contributed by atoms with Crippen LogP contribution in [0.4, 0.5) is 4.39 Å². The molecule has 2 nitrogen and oxygen atoms in total. The lowest BCUT2D eigenvalue weighted by Gasteiger charge is -2.40. The first kappa shape index (κ1) is 24.4. The predicted octanol–water partition coefficient (Wildman–Crippen LogP) is 8.22. The predicted molar refractivity (Wildman–Crippen MR) is 146 cm³/mol. The van der Waals surface area contributed by atoms with Crippen molar-refractivity contribution >= 4 is 0 Å². The molecule has 0 spiro atoms. The molecule has 0 N–H and O–H groups in total. The van der Waals surface area contributed by atoms with Gasteiger partial charge in [-0.25, -0.2) is 9.37 Å². The maximum absolute atomic E-state index is 14.2. The van der Waals surface area contributed by atoms with Gasteiger partial charge in [0, 0.05) is 11.1 Å². The summed E-state index contributed by atoms with van der Waals surface area (Å²) in [6, 6.07) is 22.3. The molecule has 1 aliphatic heterocycles. The maximum Gasteiger partial charge on any atom is 0.239 e. The average Bonchev–Trinajstić information content (AvgIpc) is 2.87. The zero-order valence-electron chi connectivity index (χ0n) is 22.1. The second kappa shape index (κ2) is 9.61. The van der Waals surface area contributed by atoms with Gasteiger partial charge < -0.3 is 0 Å². The van der Waals surface area contributed by atoms with Crippen LogP contribution in [-0.2, 0) is 12.0 Å². The molecular weight excluding hydrogens is 443 g/mol. The quantitative estimate of drug-likeness (QED) is 0.255. The zero-order chi connectivity index (χ0) is 25.4.